The zero-order valence-corrected chi connectivity index (χ0v) is 11.1. The number of hydrogen-bond acceptors (Lipinski definition) is 4. The molecule has 0 aliphatic heterocycles. The number of nitrogens with two attached hydrogens (primary N) is 1. The normalized spacial score (nSPS) is 12.6. The zero-order valence-electron chi connectivity index (χ0n) is 9.47. The molecule has 2 aromatic heterocycles. The van der Waals surface area contributed by atoms with Gasteiger partial charge in [-0.25, -0.2) is 0 Å². The summed E-state index contributed by atoms with van der Waals surface area (Å²) < 4.78 is 2.73. The second kappa shape index (κ2) is 5.39. The molecule has 2 aromatic rings. The molecule has 0 radical (unpaired) electrons. The molecule has 0 aromatic carbocycles. The molecular formula is C11H14BrN5. The zero-order chi connectivity index (χ0) is 12.3. The first kappa shape index (κ1) is 12.2. The fourth-order valence-electron chi connectivity index (χ4n) is 1.70. The summed E-state index contributed by atoms with van der Waals surface area (Å²) in [4.78, 5) is 4.14. The van der Waals surface area contributed by atoms with Crippen molar-refractivity contribution in [2.45, 2.75) is 12.5 Å². The van der Waals surface area contributed by atoms with Gasteiger partial charge in [0.05, 0.1) is 12.2 Å². The maximum absolute atomic E-state index is 5.59. The molecule has 0 spiro atoms. The summed E-state index contributed by atoms with van der Waals surface area (Å²) in [6, 6.07) is 2.04. The number of hydrazine groups is 1. The third kappa shape index (κ3) is 3.12. The summed E-state index contributed by atoms with van der Waals surface area (Å²) in [5, 5.41) is 4.14. The van der Waals surface area contributed by atoms with Crippen LogP contribution in [0, 0.1) is 0 Å². The van der Waals surface area contributed by atoms with E-state index in [0.29, 0.717) is 0 Å². The average Bonchev–Trinajstić information content (AvgIpc) is 2.72. The van der Waals surface area contributed by atoms with Gasteiger partial charge in [0.15, 0.2) is 0 Å². The van der Waals surface area contributed by atoms with E-state index in [0.717, 1.165) is 22.0 Å². The highest BCUT2D eigenvalue weighted by Gasteiger charge is 2.12. The van der Waals surface area contributed by atoms with Crippen molar-refractivity contribution in [2.24, 2.45) is 12.9 Å². The number of nitrogens with one attached hydrogen (secondary N) is 1. The van der Waals surface area contributed by atoms with Gasteiger partial charge in [-0.1, -0.05) is 0 Å². The molecule has 1 unspecified atom stereocenters. The van der Waals surface area contributed by atoms with Crippen LogP contribution in [-0.4, -0.2) is 14.8 Å². The van der Waals surface area contributed by atoms with Gasteiger partial charge in [0.2, 0.25) is 0 Å². The van der Waals surface area contributed by atoms with Crippen LogP contribution >= 0.6 is 15.9 Å². The van der Waals surface area contributed by atoms with E-state index >= 15 is 0 Å². The molecule has 0 saturated carbocycles. The number of rotatable bonds is 4. The van der Waals surface area contributed by atoms with Gasteiger partial charge < -0.3 is 0 Å². The van der Waals surface area contributed by atoms with Crippen LogP contribution in [0.2, 0.25) is 0 Å². The van der Waals surface area contributed by atoms with Crippen molar-refractivity contribution in [3.63, 3.8) is 0 Å². The van der Waals surface area contributed by atoms with Crippen molar-refractivity contribution in [2.75, 3.05) is 0 Å². The lowest BCUT2D eigenvalue weighted by Gasteiger charge is -2.15. The van der Waals surface area contributed by atoms with Crippen LogP contribution in [0.5, 0.6) is 0 Å². The van der Waals surface area contributed by atoms with E-state index in [1.165, 1.54) is 0 Å². The average molecular weight is 296 g/mol. The van der Waals surface area contributed by atoms with Crippen LogP contribution in [0.4, 0.5) is 0 Å². The van der Waals surface area contributed by atoms with Crippen LogP contribution in [-0.2, 0) is 13.5 Å². The van der Waals surface area contributed by atoms with Crippen LogP contribution in [0.1, 0.15) is 17.2 Å². The van der Waals surface area contributed by atoms with Crippen molar-refractivity contribution in [1.29, 1.82) is 0 Å². The summed E-state index contributed by atoms with van der Waals surface area (Å²) in [5.74, 6) is 5.59. The Bertz CT molecular complexity index is 496. The lowest BCUT2D eigenvalue weighted by Crippen LogP contribution is -2.29. The van der Waals surface area contributed by atoms with Gasteiger partial charge in [0.25, 0.3) is 0 Å². The van der Waals surface area contributed by atoms with Gasteiger partial charge in [0.1, 0.15) is 0 Å². The highest BCUT2D eigenvalue weighted by Crippen LogP contribution is 2.19. The third-order valence-electron chi connectivity index (χ3n) is 2.53. The highest BCUT2D eigenvalue weighted by molar-refractivity contribution is 9.10. The molecule has 2 heterocycles. The molecule has 0 saturated heterocycles. The topological polar surface area (TPSA) is 68.8 Å². The van der Waals surface area contributed by atoms with Crippen molar-refractivity contribution < 1.29 is 0 Å². The quantitative estimate of drug-likeness (QED) is 0.659. The van der Waals surface area contributed by atoms with Gasteiger partial charge in [-0.05, 0) is 39.5 Å². The number of pyridine rings is 1. The van der Waals surface area contributed by atoms with E-state index in [1.807, 2.05) is 31.7 Å². The summed E-state index contributed by atoms with van der Waals surface area (Å²) in [6.07, 6.45) is 8.17. The van der Waals surface area contributed by atoms with Gasteiger partial charge in [0, 0.05) is 30.1 Å². The van der Waals surface area contributed by atoms with Crippen LogP contribution in [0.25, 0.3) is 0 Å². The molecule has 0 aliphatic rings. The first-order valence-electron chi connectivity index (χ1n) is 5.23. The fourth-order valence-corrected chi connectivity index (χ4v) is 2.09. The minimum absolute atomic E-state index is 0.0317. The molecule has 0 amide bonds. The lowest BCUT2D eigenvalue weighted by atomic mass is 10.0. The van der Waals surface area contributed by atoms with E-state index in [2.05, 4.69) is 31.4 Å². The third-order valence-corrected chi connectivity index (χ3v) is 2.96. The number of aryl methyl sites for hydroxylation is 1. The molecule has 2 rings (SSSR count). The Balaban J connectivity index is 2.16. The molecule has 0 bridgehead atoms. The van der Waals surface area contributed by atoms with Crippen LogP contribution < -0.4 is 11.3 Å². The van der Waals surface area contributed by atoms with E-state index in [-0.39, 0.29) is 6.04 Å². The Labute approximate surface area is 108 Å². The monoisotopic (exact) mass is 295 g/mol. The molecular weight excluding hydrogens is 282 g/mol. The van der Waals surface area contributed by atoms with Gasteiger partial charge in [-0.15, -0.1) is 0 Å². The molecule has 1 atom stereocenters. The first-order chi connectivity index (χ1) is 8.19. The van der Waals surface area contributed by atoms with Crippen molar-refractivity contribution >= 4 is 15.9 Å². The molecule has 0 fully saturated rings. The first-order valence-corrected chi connectivity index (χ1v) is 6.02. The van der Waals surface area contributed by atoms with Gasteiger partial charge >= 0.3 is 0 Å². The predicted molar refractivity (Wildman–Crippen MR) is 68.9 cm³/mol. The molecule has 5 nitrogen and oxygen atoms in total. The Morgan fingerprint density at radius 2 is 2.29 bits per heavy atom. The maximum atomic E-state index is 5.59. The summed E-state index contributed by atoms with van der Waals surface area (Å²) in [6.45, 7) is 0. The van der Waals surface area contributed by atoms with Crippen molar-refractivity contribution in [3.05, 3.63) is 46.5 Å². The minimum Gasteiger partial charge on any atom is -0.276 e. The Hall–Kier alpha value is -1.24. The molecule has 90 valence electrons. The summed E-state index contributed by atoms with van der Waals surface area (Å²) in [5.41, 5.74) is 4.99. The summed E-state index contributed by atoms with van der Waals surface area (Å²) >= 11 is 3.40. The number of hydrogen-bond donors (Lipinski definition) is 2. The van der Waals surface area contributed by atoms with E-state index in [9.17, 15) is 0 Å². The lowest BCUT2D eigenvalue weighted by molar-refractivity contribution is 0.550. The van der Waals surface area contributed by atoms with Crippen LogP contribution in [0.3, 0.4) is 0 Å². The van der Waals surface area contributed by atoms with Crippen LogP contribution in [0.15, 0.2) is 35.3 Å². The van der Waals surface area contributed by atoms with Crippen molar-refractivity contribution in [3.8, 4) is 0 Å². The Kier molecular flexibility index (Phi) is 3.88. The number of aromatic nitrogens is 3. The Morgan fingerprint density at radius 1 is 1.47 bits per heavy atom. The standard InChI is InChI=1S/C11H14BrN5/c1-17-7-8(4-15-17)2-11(16-13)9-3-10(12)6-14-5-9/h3-7,11,16H,2,13H2,1H3. The number of halogens is 1. The molecule has 17 heavy (non-hydrogen) atoms. The van der Waals surface area contributed by atoms with E-state index < -0.39 is 0 Å². The van der Waals surface area contributed by atoms with Gasteiger partial charge in [-0.2, -0.15) is 5.10 Å². The van der Waals surface area contributed by atoms with E-state index in [1.54, 1.807) is 10.9 Å². The second-order valence-corrected chi connectivity index (χ2v) is 4.80. The second-order valence-electron chi connectivity index (χ2n) is 3.88. The maximum Gasteiger partial charge on any atom is 0.0522 e. The van der Waals surface area contributed by atoms with Crippen molar-refractivity contribution in [1.82, 2.24) is 20.2 Å². The molecule has 6 heteroatoms. The number of nitrogens with zero attached hydrogens (tertiary/aromatic N) is 3. The van der Waals surface area contributed by atoms with E-state index in [4.69, 9.17) is 5.84 Å². The predicted octanol–water partition coefficient (Wildman–Crippen LogP) is 1.32. The summed E-state index contributed by atoms with van der Waals surface area (Å²) in [7, 11) is 1.90. The molecule has 0 aliphatic carbocycles. The van der Waals surface area contributed by atoms with Gasteiger partial charge in [-0.3, -0.25) is 20.9 Å². The minimum atomic E-state index is 0.0317. The SMILES string of the molecule is Cn1cc(CC(NN)c2cncc(Br)c2)cn1. The smallest absolute Gasteiger partial charge is 0.0522 e. The molecule has 3 N–H and O–H groups in total. The Morgan fingerprint density at radius 3 is 2.88 bits per heavy atom. The fraction of sp³-hybridized carbons (Fsp3) is 0.273. The highest BCUT2D eigenvalue weighted by atomic mass is 79.9. The largest absolute Gasteiger partial charge is 0.276 e.